The van der Waals surface area contributed by atoms with E-state index in [-0.39, 0.29) is 21.8 Å². The maximum Gasteiger partial charge on any atom is 0.289 e. The Morgan fingerprint density at radius 1 is 1.10 bits per heavy atom. The van der Waals surface area contributed by atoms with Gasteiger partial charge in [-0.1, -0.05) is 0 Å². The fourth-order valence-electron chi connectivity index (χ4n) is 2.41. The number of hydrogen-bond donors (Lipinski definition) is 4. The van der Waals surface area contributed by atoms with E-state index < -0.39 is 21.8 Å². The Kier molecular flexibility index (Phi) is 6.30. The van der Waals surface area contributed by atoms with E-state index in [0.717, 1.165) is 0 Å². The average Bonchev–Trinajstić information content (AvgIpc) is 3.26. The third-order valence-corrected chi connectivity index (χ3v) is 5.43. The number of thiazole rings is 1. The summed E-state index contributed by atoms with van der Waals surface area (Å²) in [6, 6.07) is 10.2. The lowest BCUT2D eigenvalue weighted by molar-refractivity contribution is 0.0957. The predicted octanol–water partition coefficient (Wildman–Crippen LogP) is 1.81. The summed E-state index contributed by atoms with van der Waals surface area (Å²) in [4.78, 5) is 28.1. The van der Waals surface area contributed by atoms with Crippen LogP contribution in [0.2, 0.25) is 0 Å². The molecular weight excluding hydrogens is 430 g/mol. The van der Waals surface area contributed by atoms with Gasteiger partial charge in [-0.25, -0.2) is 18.5 Å². The monoisotopic (exact) mass is 447 g/mol. The number of carbonyl (C=O) groups is 2. The van der Waals surface area contributed by atoms with Crippen molar-refractivity contribution in [3.8, 4) is 5.75 Å². The zero-order valence-corrected chi connectivity index (χ0v) is 17.2. The highest BCUT2D eigenvalue weighted by Crippen LogP contribution is 2.25. The quantitative estimate of drug-likeness (QED) is 0.403. The Morgan fingerprint density at radius 3 is 2.43 bits per heavy atom. The summed E-state index contributed by atoms with van der Waals surface area (Å²) >= 11 is 1.27. The van der Waals surface area contributed by atoms with Gasteiger partial charge in [0.25, 0.3) is 11.8 Å². The first-order valence-corrected chi connectivity index (χ1v) is 10.8. The molecule has 0 aliphatic carbocycles. The number of benzene rings is 2. The lowest BCUT2D eigenvalue weighted by Gasteiger charge is -2.13. The van der Waals surface area contributed by atoms with Gasteiger partial charge in [0, 0.05) is 10.9 Å². The van der Waals surface area contributed by atoms with Crippen molar-refractivity contribution >= 4 is 44.5 Å². The van der Waals surface area contributed by atoms with E-state index in [2.05, 4.69) is 21.2 Å². The Balaban J connectivity index is 1.82. The largest absolute Gasteiger partial charge is 0.497 e. The molecule has 3 aromatic rings. The second-order valence-electron chi connectivity index (χ2n) is 5.89. The summed E-state index contributed by atoms with van der Waals surface area (Å²) in [5.74, 6) is -0.458. The number of primary sulfonamides is 1. The molecule has 30 heavy (non-hydrogen) atoms. The number of hydrazine groups is 1. The van der Waals surface area contributed by atoms with Gasteiger partial charge >= 0.3 is 0 Å². The number of hydrogen-bond acceptors (Lipinski definition) is 8. The summed E-state index contributed by atoms with van der Waals surface area (Å²) < 4.78 is 28.8. The molecule has 0 unspecified atom stereocenters. The van der Waals surface area contributed by atoms with Gasteiger partial charge in [0.05, 0.1) is 24.0 Å². The molecule has 0 atom stereocenters. The van der Waals surface area contributed by atoms with Crippen LogP contribution in [0.15, 0.2) is 58.3 Å². The number of nitrogens with one attached hydrogen (secondary N) is 3. The molecule has 0 saturated heterocycles. The maximum atomic E-state index is 12.5. The van der Waals surface area contributed by atoms with Crippen LogP contribution in [-0.4, -0.2) is 32.3 Å². The third kappa shape index (κ3) is 5.11. The minimum Gasteiger partial charge on any atom is -0.497 e. The van der Waals surface area contributed by atoms with E-state index in [1.54, 1.807) is 17.5 Å². The first kappa shape index (κ1) is 21.2. The molecule has 0 fully saturated rings. The van der Waals surface area contributed by atoms with Gasteiger partial charge in [0.2, 0.25) is 10.0 Å². The minimum atomic E-state index is -4.11. The number of carbonyl (C=O) groups excluding carboxylic acids is 2. The van der Waals surface area contributed by atoms with Crippen molar-refractivity contribution in [1.82, 2.24) is 10.4 Å². The molecule has 0 aliphatic rings. The van der Waals surface area contributed by atoms with Crippen LogP contribution in [0, 0.1) is 0 Å². The highest BCUT2D eigenvalue weighted by Gasteiger charge is 2.18. The van der Waals surface area contributed by atoms with Crippen molar-refractivity contribution < 1.29 is 22.7 Å². The first-order valence-electron chi connectivity index (χ1n) is 8.35. The highest BCUT2D eigenvalue weighted by atomic mass is 32.2. The molecule has 3 rings (SSSR count). The van der Waals surface area contributed by atoms with Crippen molar-refractivity contribution in [2.24, 2.45) is 5.14 Å². The van der Waals surface area contributed by atoms with Crippen LogP contribution in [0.5, 0.6) is 5.75 Å². The van der Waals surface area contributed by atoms with E-state index >= 15 is 0 Å². The number of aromatic nitrogens is 1. The molecule has 156 valence electrons. The Hall–Kier alpha value is -3.48. The van der Waals surface area contributed by atoms with Crippen molar-refractivity contribution in [3.63, 3.8) is 0 Å². The van der Waals surface area contributed by atoms with Gasteiger partial charge in [0.15, 0.2) is 0 Å². The van der Waals surface area contributed by atoms with Gasteiger partial charge in [0.1, 0.15) is 16.3 Å². The lowest BCUT2D eigenvalue weighted by atomic mass is 10.2. The Morgan fingerprint density at radius 2 is 1.83 bits per heavy atom. The zero-order valence-electron chi connectivity index (χ0n) is 15.6. The van der Waals surface area contributed by atoms with Crippen molar-refractivity contribution in [1.29, 1.82) is 0 Å². The maximum absolute atomic E-state index is 12.5. The average molecular weight is 447 g/mol. The molecule has 2 amide bonds. The minimum absolute atomic E-state index is 0.0498. The molecule has 12 heteroatoms. The highest BCUT2D eigenvalue weighted by molar-refractivity contribution is 7.89. The number of methoxy groups -OCH3 is 1. The molecule has 0 spiro atoms. The van der Waals surface area contributed by atoms with Gasteiger partial charge in [-0.15, -0.1) is 11.3 Å². The van der Waals surface area contributed by atoms with E-state index in [9.17, 15) is 18.0 Å². The zero-order chi connectivity index (χ0) is 21.7. The smallest absolute Gasteiger partial charge is 0.289 e. The number of nitrogens with two attached hydrogens (primary N) is 1. The van der Waals surface area contributed by atoms with Crippen LogP contribution < -0.4 is 26.0 Å². The second-order valence-corrected chi connectivity index (χ2v) is 8.14. The predicted molar refractivity (Wildman–Crippen MR) is 112 cm³/mol. The summed E-state index contributed by atoms with van der Waals surface area (Å²) in [7, 11) is -2.61. The molecule has 10 nitrogen and oxygen atoms in total. The molecule has 0 saturated carbocycles. The van der Waals surface area contributed by atoms with Crippen LogP contribution >= 0.6 is 11.3 Å². The molecule has 2 aromatic carbocycles. The summed E-state index contributed by atoms with van der Waals surface area (Å²) in [5, 5.41) is 9.35. The molecule has 0 radical (unpaired) electrons. The summed E-state index contributed by atoms with van der Waals surface area (Å²) in [5.41, 5.74) is 7.36. The number of rotatable bonds is 7. The fraction of sp³-hybridized carbons (Fsp3) is 0.0556. The van der Waals surface area contributed by atoms with Gasteiger partial charge in [-0.05, 0) is 42.5 Å². The van der Waals surface area contributed by atoms with Gasteiger partial charge in [-0.3, -0.25) is 20.4 Å². The van der Waals surface area contributed by atoms with Crippen LogP contribution in [0.3, 0.4) is 0 Å². The summed E-state index contributed by atoms with van der Waals surface area (Å²) in [6.07, 6.45) is 0. The fourth-order valence-corrected chi connectivity index (χ4v) is 3.61. The van der Waals surface area contributed by atoms with E-state index in [4.69, 9.17) is 9.88 Å². The Labute approximate surface area is 176 Å². The van der Waals surface area contributed by atoms with Crippen molar-refractivity contribution in [2.75, 3.05) is 17.9 Å². The SMILES string of the molecule is COc1ccc(C(=O)Nc2cc(NNC(=O)c3cscn3)ccc2S(N)(=O)=O)cc1. The van der Waals surface area contributed by atoms with Crippen LogP contribution in [-0.2, 0) is 10.0 Å². The van der Waals surface area contributed by atoms with Crippen molar-refractivity contribution in [3.05, 3.63) is 64.6 Å². The number of sulfonamides is 1. The van der Waals surface area contributed by atoms with Gasteiger partial charge in [-0.2, -0.15) is 0 Å². The van der Waals surface area contributed by atoms with E-state index in [1.165, 1.54) is 54.3 Å². The van der Waals surface area contributed by atoms with E-state index in [0.29, 0.717) is 11.4 Å². The van der Waals surface area contributed by atoms with Crippen molar-refractivity contribution in [2.45, 2.75) is 4.90 Å². The van der Waals surface area contributed by atoms with Crippen LogP contribution in [0.1, 0.15) is 20.8 Å². The number of ether oxygens (including phenoxy) is 1. The Bertz CT molecular complexity index is 1160. The molecular formula is C18H17N5O5S2. The third-order valence-electron chi connectivity index (χ3n) is 3.87. The standard InChI is InChI=1S/C18H17N5O5S2/c1-28-13-5-2-11(3-6-13)17(24)21-14-8-12(4-7-16(14)30(19,26)27)22-23-18(25)15-9-29-10-20-15/h2-10,22H,1H3,(H,21,24)(H,23,25)(H2,19,26,27). The van der Waals surface area contributed by atoms with Crippen LogP contribution in [0.25, 0.3) is 0 Å². The lowest BCUT2D eigenvalue weighted by Crippen LogP contribution is -2.29. The topological polar surface area (TPSA) is 153 Å². The normalized spacial score (nSPS) is 10.9. The number of nitrogens with zero attached hydrogens (tertiary/aromatic N) is 1. The molecule has 1 aromatic heterocycles. The second kappa shape index (κ2) is 8.90. The molecule has 0 aliphatic heterocycles. The van der Waals surface area contributed by atoms with E-state index in [1.807, 2.05) is 0 Å². The number of amides is 2. The molecule has 0 bridgehead atoms. The molecule has 5 N–H and O–H groups in total. The van der Waals surface area contributed by atoms with Gasteiger partial charge < -0.3 is 10.1 Å². The molecule has 1 heterocycles. The first-order chi connectivity index (χ1) is 14.3. The summed E-state index contributed by atoms with van der Waals surface area (Å²) in [6.45, 7) is 0. The number of anilines is 2. The van der Waals surface area contributed by atoms with Crippen LogP contribution in [0.4, 0.5) is 11.4 Å².